The van der Waals surface area contributed by atoms with Crippen molar-refractivity contribution >= 4 is 17.2 Å². The lowest BCUT2D eigenvalue weighted by Crippen LogP contribution is -2.41. The summed E-state index contributed by atoms with van der Waals surface area (Å²) in [6.45, 7) is 3.85. The van der Waals surface area contributed by atoms with Crippen LogP contribution in [-0.4, -0.2) is 33.2 Å². The van der Waals surface area contributed by atoms with Crippen LogP contribution in [0.3, 0.4) is 0 Å². The molecule has 1 aromatic carbocycles. The van der Waals surface area contributed by atoms with Gasteiger partial charge in [-0.15, -0.1) is 0 Å². The van der Waals surface area contributed by atoms with Crippen LogP contribution in [0.2, 0.25) is 0 Å². The minimum atomic E-state index is -0.284. The first kappa shape index (κ1) is 17.4. The second kappa shape index (κ2) is 7.63. The largest absolute Gasteiger partial charge is 0.394 e. The molecular weight excluding hydrogens is 334 g/mol. The Hall–Kier alpha value is -2.44. The van der Waals surface area contributed by atoms with E-state index < -0.39 is 0 Å². The lowest BCUT2D eigenvalue weighted by Gasteiger charge is -2.19. The summed E-state index contributed by atoms with van der Waals surface area (Å²) in [5.41, 5.74) is 1.56. The van der Waals surface area contributed by atoms with E-state index in [1.807, 2.05) is 73.3 Å². The number of aliphatic hydroxyl groups excluding tert-OH is 1. The van der Waals surface area contributed by atoms with E-state index in [1.165, 1.54) is 11.3 Å². The molecule has 0 spiro atoms. The van der Waals surface area contributed by atoms with E-state index >= 15 is 0 Å². The molecule has 0 radical (unpaired) electrons. The van der Waals surface area contributed by atoms with Gasteiger partial charge in [-0.3, -0.25) is 4.79 Å². The van der Waals surface area contributed by atoms with Crippen LogP contribution in [0.4, 0.5) is 0 Å². The van der Waals surface area contributed by atoms with Gasteiger partial charge in [0.1, 0.15) is 4.88 Å². The minimum absolute atomic E-state index is 0.0899. The van der Waals surface area contributed by atoms with Gasteiger partial charge in [-0.05, 0) is 18.1 Å². The molecule has 5 nitrogen and oxygen atoms in total. The van der Waals surface area contributed by atoms with Crippen LogP contribution in [0.15, 0.2) is 54.9 Å². The number of benzene rings is 1. The highest BCUT2D eigenvalue weighted by Gasteiger charge is 2.23. The minimum Gasteiger partial charge on any atom is -0.394 e. The molecule has 1 atom stereocenters. The number of hydrogen-bond donors (Lipinski definition) is 2. The van der Waals surface area contributed by atoms with E-state index in [0.29, 0.717) is 10.6 Å². The number of nitrogens with zero attached hydrogens (tertiary/aromatic N) is 2. The summed E-state index contributed by atoms with van der Waals surface area (Å²) >= 11 is 1.34. The van der Waals surface area contributed by atoms with Crippen molar-refractivity contribution in [3.63, 3.8) is 0 Å². The number of aliphatic hydroxyl groups is 1. The Labute approximate surface area is 151 Å². The molecule has 130 valence electrons. The van der Waals surface area contributed by atoms with Crippen LogP contribution in [0.1, 0.15) is 23.5 Å². The molecule has 0 bridgehead atoms. The molecule has 2 heterocycles. The maximum atomic E-state index is 12.8. The van der Waals surface area contributed by atoms with Gasteiger partial charge in [0.25, 0.3) is 5.91 Å². The Morgan fingerprint density at radius 1 is 1.20 bits per heavy atom. The van der Waals surface area contributed by atoms with Crippen molar-refractivity contribution in [1.82, 2.24) is 14.9 Å². The Kier molecular flexibility index (Phi) is 5.31. The van der Waals surface area contributed by atoms with E-state index in [-0.39, 0.29) is 24.5 Å². The topological polar surface area (TPSA) is 67.2 Å². The molecule has 0 fully saturated rings. The first-order chi connectivity index (χ1) is 12.1. The summed E-state index contributed by atoms with van der Waals surface area (Å²) in [4.78, 5) is 18.1. The quantitative estimate of drug-likeness (QED) is 0.712. The fourth-order valence-corrected chi connectivity index (χ4v) is 3.44. The van der Waals surface area contributed by atoms with Crippen LogP contribution in [-0.2, 0) is 0 Å². The predicted octanol–water partition coefficient (Wildman–Crippen LogP) is 3.35. The van der Waals surface area contributed by atoms with E-state index in [9.17, 15) is 9.90 Å². The summed E-state index contributed by atoms with van der Waals surface area (Å²) < 4.78 is 1.89. The molecule has 0 unspecified atom stereocenters. The average molecular weight is 355 g/mol. The summed E-state index contributed by atoms with van der Waals surface area (Å²) in [6, 6.07) is 13.2. The number of carbonyl (C=O) groups is 1. The molecular formula is C19H21N3O2S. The highest BCUT2D eigenvalue weighted by molar-refractivity contribution is 7.16. The Bertz CT molecular complexity index is 826. The highest BCUT2D eigenvalue weighted by atomic mass is 32.1. The monoisotopic (exact) mass is 355 g/mol. The van der Waals surface area contributed by atoms with Crippen molar-refractivity contribution < 1.29 is 9.90 Å². The molecule has 0 aliphatic rings. The zero-order valence-corrected chi connectivity index (χ0v) is 15.0. The second-order valence-electron chi connectivity index (χ2n) is 6.14. The van der Waals surface area contributed by atoms with Gasteiger partial charge in [0.05, 0.1) is 18.3 Å². The number of hydrogen-bond acceptors (Lipinski definition) is 4. The number of carbonyl (C=O) groups excluding carboxylic acids is 1. The number of thiazole rings is 1. The summed E-state index contributed by atoms with van der Waals surface area (Å²) in [5, 5.41) is 13.2. The van der Waals surface area contributed by atoms with Crippen molar-refractivity contribution in [2.45, 2.75) is 19.9 Å². The number of amides is 1. The van der Waals surface area contributed by atoms with E-state index in [4.69, 9.17) is 0 Å². The maximum Gasteiger partial charge on any atom is 0.264 e. The second-order valence-corrected chi connectivity index (χ2v) is 7.11. The van der Waals surface area contributed by atoms with Crippen molar-refractivity contribution in [2.24, 2.45) is 5.92 Å². The van der Waals surface area contributed by atoms with Crippen LogP contribution in [0.5, 0.6) is 0 Å². The molecule has 2 N–H and O–H groups in total. The third-order valence-electron chi connectivity index (χ3n) is 4.01. The number of aromatic nitrogens is 2. The first-order valence-electron chi connectivity index (χ1n) is 8.21. The fourth-order valence-electron chi connectivity index (χ4n) is 2.48. The fraction of sp³-hybridized carbons (Fsp3) is 0.263. The molecule has 3 rings (SSSR count). The summed E-state index contributed by atoms with van der Waals surface area (Å²) in [6.07, 6.45) is 3.81. The summed E-state index contributed by atoms with van der Waals surface area (Å²) in [7, 11) is 0. The first-order valence-corrected chi connectivity index (χ1v) is 9.03. The molecule has 1 amide bonds. The average Bonchev–Trinajstić information content (AvgIpc) is 3.29. The zero-order chi connectivity index (χ0) is 17.8. The molecule has 3 aromatic rings. The number of rotatable bonds is 6. The number of nitrogens with one attached hydrogen (secondary N) is 1. The van der Waals surface area contributed by atoms with Gasteiger partial charge in [-0.1, -0.05) is 55.5 Å². The van der Waals surface area contributed by atoms with Crippen molar-refractivity contribution in [3.05, 3.63) is 59.7 Å². The zero-order valence-electron chi connectivity index (χ0n) is 14.2. The van der Waals surface area contributed by atoms with Gasteiger partial charge in [0.15, 0.2) is 5.13 Å². The third kappa shape index (κ3) is 3.81. The predicted molar refractivity (Wildman–Crippen MR) is 100 cm³/mol. The SMILES string of the molecule is CC(C)[C@H](CO)NC(=O)c1sc(-n2cccc2)nc1-c1ccccc1. The van der Waals surface area contributed by atoms with Gasteiger partial charge < -0.3 is 15.0 Å². The molecule has 0 saturated heterocycles. The molecule has 25 heavy (non-hydrogen) atoms. The third-order valence-corrected chi connectivity index (χ3v) is 5.08. The van der Waals surface area contributed by atoms with Crippen molar-refractivity contribution in [3.8, 4) is 16.4 Å². The molecule has 2 aromatic heterocycles. The van der Waals surface area contributed by atoms with Crippen LogP contribution >= 0.6 is 11.3 Å². The van der Waals surface area contributed by atoms with Crippen LogP contribution in [0.25, 0.3) is 16.4 Å². The molecule has 6 heteroatoms. The molecule has 0 aliphatic carbocycles. The van der Waals surface area contributed by atoms with Crippen LogP contribution < -0.4 is 5.32 Å². The highest BCUT2D eigenvalue weighted by Crippen LogP contribution is 2.30. The lowest BCUT2D eigenvalue weighted by molar-refractivity contribution is 0.0901. The Morgan fingerprint density at radius 3 is 2.48 bits per heavy atom. The van der Waals surface area contributed by atoms with E-state index in [2.05, 4.69) is 10.3 Å². The normalized spacial score (nSPS) is 12.3. The Balaban J connectivity index is 2.00. The smallest absolute Gasteiger partial charge is 0.264 e. The lowest BCUT2D eigenvalue weighted by atomic mass is 10.1. The van der Waals surface area contributed by atoms with Gasteiger partial charge in [-0.2, -0.15) is 0 Å². The standard InChI is InChI=1S/C19H21N3O2S/c1-13(2)15(12-23)20-18(24)17-16(14-8-4-3-5-9-14)21-19(25-17)22-10-6-7-11-22/h3-11,13,15,23H,12H2,1-2H3,(H,20,24)/t15-/m0/s1. The Morgan fingerprint density at radius 2 is 1.88 bits per heavy atom. The molecule has 0 aliphatic heterocycles. The summed E-state index contributed by atoms with van der Waals surface area (Å²) in [5.74, 6) is -0.0616. The van der Waals surface area contributed by atoms with Crippen LogP contribution in [0, 0.1) is 5.92 Å². The van der Waals surface area contributed by atoms with E-state index in [0.717, 1.165) is 10.7 Å². The maximum absolute atomic E-state index is 12.8. The van der Waals surface area contributed by atoms with Gasteiger partial charge in [-0.25, -0.2) is 4.98 Å². The molecule has 0 saturated carbocycles. The van der Waals surface area contributed by atoms with Crippen molar-refractivity contribution in [2.75, 3.05) is 6.61 Å². The van der Waals surface area contributed by atoms with Gasteiger partial charge in [0.2, 0.25) is 0 Å². The van der Waals surface area contributed by atoms with Gasteiger partial charge in [0, 0.05) is 18.0 Å². The van der Waals surface area contributed by atoms with Gasteiger partial charge >= 0.3 is 0 Å². The van der Waals surface area contributed by atoms with Crippen molar-refractivity contribution in [1.29, 1.82) is 0 Å². The van der Waals surface area contributed by atoms with E-state index in [1.54, 1.807) is 0 Å².